The van der Waals surface area contributed by atoms with Crippen LogP contribution in [0.15, 0.2) is 48.6 Å². The summed E-state index contributed by atoms with van der Waals surface area (Å²) in [6.07, 6.45) is 9.94. The van der Waals surface area contributed by atoms with E-state index in [2.05, 4.69) is 14.3 Å². The van der Waals surface area contributed by atoms with Gasteiger partial charge in [0.05, 0.1) is 29.9 Å². The van der Waals surface area contributed by atoms with Gasteiger partial charge in [0.15, 0.2) is 0 Å². The van der Waals surface area contributed by atoms with E-state index in [9.17, 15) is 21.6 Å². The Bertz CT molecular complexity index is 1680. The second kappa shape index (κ2) is 15.3. The molecule has 3 aliphatic rings. The van der Waals surface area contributed by atoms with Gasteiger partial charge in [-0.15, -0.1) is 0 Å². The molecule has 2 aromatic rings. The third kappa shape index (κ3) is 9.29. The topological polar surface area (TPSA) is 131 Å². The second-order valence-corrected chi connectivity index (χ2v) is 17.4. The molecule has 0 unspecified atom stereocenters. The number of aryl methyl sites for hydroxylation is 1. The molecule has 2 N–H and O–H groups in total. The fourth-order valence-electron chi connectivity index (χ4n) is 6.57. The number of nitrogens with one attached hydrogen (secondary N) is 2. The number of allylic oxidation sites excluding steroid dienone is 1. The number of nitrogens with zero attached hydrogens (tertiary/aromatic N) is 1. The molecule has 0 spiro atoms. The first-order valence-electron chi connectivity index (χ1n) is 16.4. The molecule has 2 heterocycles. The van der Waals surface area contributed by atoms with Crippen LogP contribution in [0.2, 0.25) is 5.02 Å². The van der Waals surface area contributed by atoms with E-state index in [-0.39, 0.29) is 42.6 Å². The van der Waals surface area contributed by atoms with Crippen molar-refractivity contribution in [3.8, 4) is 5.75 Å². The molecule has 1 amide bonds. The molecule has 10 nitrogen and oxygen atoms in total. The maximum atomic E-state index is 13.4. The summed E-state index contributed by atoms with van der Waals surface area (Å²) in [7, 11) is -7.31. The smallest absolute Gasteiger partial charge is 0.264 e. The monoisotopic (exact) mass is 707 g/mol. The molecule has 0 radical (unpaired) electrons. The third-order valence-electron chi connectivity index (χ3n) is 9.73. The molecule has 0 saturated heterocycles. The predicted molar refractivity (Wildman–Crippen MR) is 185 cm³/mol. The number of hydrogen-bond donors (Lipinski definition) is 2. The number of amides is 1. The summed E-state index contributed by atoms with van der Waals surface area (Å²) in [6.45, 7) is 5.59. The van der Waals surface area contributed by atoms with Crippen LogP contribution in [0.4, 0.5) is 5.69 Å². The van der Waals surface area contributed by atoms with Crippen molar-refractivity contribution in [3.05, 3.63) is 70.3 Å². The molecule has 2 bridgehead atoms. The molecule has 13 heteroatoms. The fourth-order valence-corrected chi connectivity index (χ4v) is 8.50. The first kappa shape index (κ1) is 35.7. The number of halogens is 1. The summed E-state index contributed by atoms with van der Waals surface area (Å²) in [4.78, 5) is 15.7. The molecule has 1 saturated carbocycles. The lowest BCUT2D eigenvalue weighted by Crippen LogP contribution is -2.44. The summed E-state index contributed by atoms with van der Waals surface area (Å²) < 4.78 is 67.4. The van der Waals surface area contributed by atoms with Crippen LogP contribution in [-0.4, -0.2) is 66.6 Å². The Morgan fingerprint density at radius 3 is 2.66 bits per heavy atom. The zero-order chi connectivity index (χ0) is 33.8. The van der Waals surface area contributed by atoms with E-state index in [0.717, 1.165) is 55.2 Å². The van der Waals surface area contributed by atoms with Crippen LogP contribution in [-0.2, 0) is 37.8 Å². The minimum atomic E-state index is -3.97. The van der Waals surface area contributed by atoms with Gasteiger partial charge >= 0.3 is 0 Å². The lowest BCUT2D eigenvalue weighted by atomic mass is 9.70. The standard InChI is InChI=1S/C34H46ClN3O7S2/c1-23-7-6-9-32(44-18-16-36-46(3,40)41)30-14-11-27(30)21-38-17-5-4-8-25-19-29(35)13-10-28(25)22-45-33-15-12-26(20-31(33)38)34(39)37-47(42,43)24(23)2/h6,9-10,12-13,15,19-20,23-24,27,30,32,36H,4-5,7-8,11,14,16-18,21-22H2,1-3H3,(H,37,39)/b9-6+/t23-,24+,27-,30+,32-/m0/s1. The average molecular weight is 708 g/mol. The van der Waals surface area contributed by atoms with Gasteiger partial charge in [0, 0.05) is 30.2 Å². The molecule has 2 aromatic carbocycles. The molecule has 1 fully saturated rings. The van der Waals surface area contributed by atoms with Crippen LogP contribution >= 0.6 is 11.6 Å². The molecule has 258 valence electrons. The second-order valence-electron chi connectivity index (χ2n) is 13.1. The van der Waals surface area contributed by atoms with Gasteiger partial charge in [-0.2, -0.15) is 0 Å². The summed E-state index contributed by atoms with van der Waals surface area (Å²) in [6, 6.07) is 11.0. The molecule has 47 heavy (non-hydrogen) atoms. The van der Waals surface area contributed by atoms with Crippen LogP contribution < -0.4 is 19.1 Å². The van der Waals surface area contributed by atoms with Gasteiger partial charge in [0.25, 0.3) is 5.91 Å². The molecule has 5 rings (SSSR count). The van der Waals surface area contributed by atoms with E-state index in [4.69, 9.17) is 21.1 Å². The average Bonchev–Trinajstić information content (AvgIpc) is 3.02. The largest absolute Gasteiger partial charge is 0.487 e. The van der Waals surface area contributed by atoms with Crippen LogP contribution in [0, 0.1) is 17.8 Å². The minimum absolute atomic E-state index is 0.166. The summed E-state index contributed by atoms with van der Waals surface area (Å²) in [5.41, 5.74) is 3.20. The number of sulfonamides is 2. The quantitative estimate of drug-likeness (QED) is 0.326. The predicted octanol–water partition coefficient (Wildman–Crippen LogP) is 5.07. The Balaban J connectivity index is 1.50. The van der Waals surface area contributed by atoms with Crippen LogP contribution in [0.1, 0.15) is 67.4 Å². The number of benzene rings is 2. The SMILES string of the molecule is C[C@@H]1[C@@H](C)C/C=C/[C@H](OCCNS(C)(=O)=O)[C@@H]2CC[C@H]2CN2CCCCc3cc(Cl)ccc3COc3ccc(cc32)C(=O)NS1(=O)=O. The first-order valence-corrected chi connectivity index (χ1v) is 20.2. The van der Waals surface area contributed by atoms with Crippen molar-refractivity contribution in [2.75, 3.05) is 37.4 Å². The molecule has 0 aromatic heterocycles. The highest BCUT2D eigenvalue weighted by molar-refractivity contribution is 7.90. The van der Waals surface area contributed by atoms with E-state index in [1.165, 1.54) is 0 Å². The van der Waals surface area contributed by atoms with Gasteiger partial charge in [-0.25, -0.2) is 26.3 Å². The van der Waals surface area contributed by atoms with Crippen LogP contribution in [0.3, 0.4) is 0 Å². The van der Waals surface area contributed by atoms with Gasteiger partial charge in [-0.3, -0.25) is 4.79 Å². The van der Waals surface area contributed by atoms with Crippen molar-refractivity contribution in [2.45, 2.75) is 70.3 Å². The number of anilines is 1. The highest BCUT2D eigenvalue weighted by Gasteiger charge is 2.38. The van der Waals surface area contributed by atoms with Gasteiger partial charge in [-0.1, -0.05) is 36.7 Å². The zero-order valence-electron chi connectivity index (χ0n) is 27.3. The summed E-state index contributed by atoms with van der Waals surface area (Å²) >= 11 is 6.33. The van der Waals surface area contributed by atoms with Crippen molar-refractivity contribution >= 4 is 43.2 Å². The first-order chi connectivity index (χ1) is 22.3. The van der Waals surface area contributed by atoms with Gasteiger partial charge < -0.3 is 14.4 Å². The van der Waals surface area contributed by atoms with Crippen molar-refractivity contribution in [1.29, 1.82) is 0 Å². The number of fused-ring (bicyclic) bond motifs is 3. The molecular weight excluding hydrogens is 662 g/mol. The fraction of sp³-hybridized carbons (Fsp3) is 0.559. The highest BCUT2D eigenvalue weighted by atomic mass is 35.5. The Hall–Kier alpha value is -2.64. The minimum Gasteiger partial charge on any atom is -0.487 e. The lowest BCUT2D eigenvalue weighted by molar-refractivity contribution is -0.0114. The number of ether oxygens (including phenoxy) is 2. The maximum Gasteiger partial charge on any atom is 0.264 e. The number of hydrogen-bond acceptors (Lipinski definition) is 8. The van der Waals surface area contributed by atoms with E-state index in [1.807, 2.05) is 37.3 Å². The molecule has 5 atom stereocenters. The normalized spacial score (nSPS) is 27.5. The van der Waals surface area contributed by atoms with Crippen molar-refractivity contribution < 1.29 is 31.1 Å². The Morgan fingerprint density at radius 1 is 1.11 bits per heavy atom. The number of rotatable bonds is 5. The van der Waals surface area contributed by atoms with Crippen molar-refractivity contribution in [1.82, 2.24) is 9.44 Å². The third-order valence-corrected chi connectivity index (χ3v) is 12.6. The maximum absolute atomic E-state index is 13.4. The Kier molecular flexibility index (Phi) is 11.6. The van der Waals surface area contributed by atoms with E-state index in [0.29, 0.717) is 36.9 Å². The van der Waals surface area contributed by atoms with E-state index < -0.39 is 31.2 Å². The number of carbonyl (C=O) groups excluding carboxylic acids is 1. The van der Waals surface area contributed by atoms with Crippen LogP contribution in [0.25, 0.3) is 0 Å². The zero-order valence-corrected chi connectivity index (χ0v) is 29.7. The Morgan fingerprint density at radius 2 is 1.91 bits per heavy atom. The van der Waals surface area contributed by atoms with E-state index >= 15 is 0 Å². The molecule has 2 aliphatic heterocycles. The molecular formula is C34H46ClN3O7S2. The van der Waals surface area contributed by atoms with Gasteiger partial charge in [-0.05, 0) is 105 Å². The van der Waals surface area contributed by atoms with E-state index in [1.54, 1.807) is 25.1 Å². The van der Waals surface area contributed by atoms with Gasteiger partial charge in [0.1, 0.15) is 12.4 Å². The van der Waals surface area contributed by atoms with Crippen molar-refractivity contribution in [3.63, 3.8) is 0 Å². The summed E-state index contributed by atoms with van der Waals surface area (Å²) in [5, 5.41) is -0.139. The lowest BCUT2D eigenvalue weighted by Gasteiger charge is -2.44. The van der Waals surface area contributed by atoms with Crippen LogP contribution in [0.5, 0.6) is 5.75 Å². The molecule has 1 aliphatic carbocycles. The van der Waals surface area contributed by atoms with Gasteiger partial charge in [0.2, 0.25) is 20.0 Å². The highest BCUT2D eigenvalue weighted by Crippen LogP contribution is 2.42. The summed E-state index contributed by atoms with van der Waals surface area (Å²) in [5.74, 6) is 0.147. The van der Waals surface area contributed by atoms with Crippen molar-refractivity contribution in [2.24, 2.45) is 17.8 Å². The Labute approximate surface area is 284 Å². The number of carbonyl (C=O) groups is 1.